The second-order valence-electron chi connectivity index (χ2n) is 6.34. The lowest BCUT2D eigenvalue weighted by atomic mass is 10.0. The number of hydrogen-bond donors (Lipinski definition) is 3. The van der Waals surface area contributed by atoms with Gasteiger partial charge in [-0.3, -0.25) is 4.79 Å². The number of anilines is 1. The molecule has 0 saturated carbocycles. The second kappa shape index (κ2) is 8.87. The minimum Gasteiger partial charge on any atom is -0.334 e. The van der Waals surface area contributed by atoms with Gasteiger partial charge in [-0.05, 0) is 30.0 Å². The van der Waals surface area contributed by atoms with E-state index in [9.17, 15) is 9.59 Å². The SMILES string of the molecule is Cc1ccccc1NC(=O)C(NC(=O)NCc1ccccc1)C(C)C. The molecule has 132 valence electrons. The van der Waals surface area contributed by atoms with Gasteiger partial charge in [0.25, 0.3) is 0 Å². The van der Waals surface area contributed by atoms with Gasteiger partial charge in [-0.25, -0.2) is 4.79 Å². The Morgan fingerprint density at radius 1 is 0.960 bits per heavy atom. The Kier molecular flexibility index (Phi) is 6.57. The van der Waals surface area contributed by atoms with E-state index < -0.39 is 6.04 Å². The molecule has 3 amide bonds. The smallest absolute Gasteiger partial charge is 0.315 e. The average Bonchev–Trinajstić information content (AvgIpc) is 2.60. The van der Waals surface area contributed by atoms with E-state index in [1.807, 2.05) is 75.4 Å². The summed E-state index contributed by atoms with van der Waals surface area (Å²) in [5.74, 6) is -0.259. The van der Waals surface area contributed by atoms with Crippen LogP contribution in [0, 0.1) is 12.8 Å². The molecule has 25 heavy (non-hydrogen) atoms. The number of hydrogen-bond acceptors (Lipinski definition) is 2. The van der Waals surface area contributed by atoms with E-state index in [4.69, 9.17) is 0 Å². The third-order valence-corrected chi connectivity index (χ3v) is 3.93. The van der Waals surface area contributed by atoms with E-state index >= 15 is 0 Å². The summed E-state index contributed by atoms with van der Waals surface area (Å²) in [7, 11) is 0. The third kappa shape index (κ3) is 5.64. The third-order valence-electron chi connectivity index (χ3n) is 3.93. The van der Waals surface area contributed by atoms with Crippen molar-refractivity contribution in [2.24, 2.45) is 5.92 Å². The van der Waals surface area contributed by atoms with Crippen LogP contribution in [0.2, 0.25) is 0 Å². The minimum atomic E-state index is -0.615. The van der Waals surface area contributed by atoms with Gasteiger partial charge in [0.05, 0.1) is 0 Å². The van der Waals surface area contributed by atoms with Gasteiger partial charge in [-0.2, -0.15) is 0 Å². The molecule has 0 fully saturated rings. The molecule has 0 aliphatic carbocycles. The summed E-state index contributed by atoms with van der Waals surface area (Å²) < 4.78 is 0. The van der Waals surface area contributed by atoms with Crippen molar-refractivity contribution < 1.29 is 9.59 Å². The summed E-state index contributed by atoms with van der Waals surface area (Å²) in [5, 5.41) is 8.44. The fourth-order valence-corrected chi connectivity index (χ4v) is 2.43. The fraction of sp³-hybridized carbons (Fsp3) is 0.300. The summed E-state index contributed by atoms with van der Waals surface area (Å²) >= 11 is 0. The molecule has 2 aromatic rings. The Morgan fingerprint density at radius 2 is 1.60 bits per heavy atom. The van der Waals surface area contributed by atoms with Gasteiger partial charge >= 0.3 is 6.03 Å². The topological polar surface area (TPSA) is 70.2 Å². The number of rotatable bonds is 6. The molecule has 0 bridgehead atoms. The van der Waals surface area contributed by atoms with Gasteiger partial charge in [0.15, 0.2) is 0 Å². The number of para-hydroxylation sites is 1. The molecule has 0 spiro atoms. The number of nitrogens with one attached hydrogen (secondary N) is 3. The van der Waals surface area contributed by atoms with Gasteiger partial charge in [-0.15, -0.1) is 0 Å². The van der Waals surface area contributed by atoms with Crippen LogP contribution in [0.1, 0.15) is 25.0 Å². The Hall–Kier alpha value is -2.82. The normalized spacial score (nSPS) is 11.7. The van der Waals surface area contributed by atoms with E-state index in [0.29, 0.717) is 6.54 Å². The van der Waals surface area contributed by atoms with Crippen LogP contribution in [0.3, 0.4) is 0 Å². The predicted octanol–water partition coefficient (Wildman–Crippen LogP) is 3.46. The number of carbonyl (C=O) groups is 2. The molecule has 5 nitrogen and oxygen atoms in total. The monoisotopic (exact) mass is 339 g/mol. The molecule has 2 rings (SSSR count). The molecule has 1 atom stereocenters. The highest BCUT2D eigenvalue weighted by Gasteiger charge is 2.24. The molecule has 1 unspecified atom stereocenters. The van der Waals surface area contributed by atoms with Crippen LogP contribution < -0.4 is 16.0 Å². The Bertz CT molecular complexity index is 714. The quantitative estimate of drug-likeness (QED) is 0.754. The van der Waals surface area contributed by atoms with Crippen molar-refractivity contribution in [3.63, 3.8) is 0 Å². The van der Waals surface area contributed by atoms with Crippen LogP contribution in [0.4, 0.5) is 10.5 Å². The molecular weight excluding hydrogens is 314 g/mol. The number of benzene rings is 2. The predicted molar refractivity (Wildman–Crippen MR) is 100 cm³/mol. The maximum Gasteiger partial charge on any atom is 0.315 e. The molecule has 0 aliphatic rings. The molecule has 3 N–H and O–H groups in total. The summed E-state index contributed by atoms with van der Waals surface area (Å²) in [6, 6.07) is 16.2. The molecule has 0 aromatic heterocycles. The lowest BCUT2D eigenvalue weighted by Crippen LogP contribution is -2.50. The van der Waals surface area contributed by atoms with E-state index in [0.717, 1.165) is 16.8 Å². The minimum absolute atomic E-state index is 0.0357. The lowest BCUT2D eigenvalue weighted by Gasteiger charge is -2.22. The largest absolute Gasteiger partial charge is 0.334 e. The zero-order chi connectivity index (χ0) is 18.2. The van der Waals surface area contributed by atoms with Gasteiger partial charge in [-0.1, -0.05) is 62.4 Å². The van der Waals surface area contributed by atoms with Crippen molar-refractivity contribution in [3.05, 3.63) is 65.7 Å². The summed E-state index contributed by atoms with van der Waals surface area (Å²) in [6.45, 7) is 6.15. The van der Waals surface area contributed by atoms with Crippen molar-refractivity contribution in [1.29, 1.82) is 0 Å². The number of urea groups is 1. The zero-order valence-corrected chi connectivity index (χ0v) is 14.9. The second-order valence-corrected chi connectivity index (χ2v) is 6.34. The summed E-state index contributed by atoms with van der Waals surface area (Å²) in [5.41, 5.74) is 2.74. The van der Waals surface area contributed by atoms with Crippen LogP contribution in [-0.4, -0.2) is 18.0 Å². The van der Waals surface area contributed by atoms with Crippen molar-refractivity contribution in [2.75, 3.05) is 5.32 Å². The van der Waals surface area contributed by atoms with Crippen molar-refractivity contribution in [2.45, 2.75) is 33.4 Å². The van der Waals surface area contributed by atoms with Crippen LogP contribution in [0.25, 0.3) is 0 Å². The first-order valence-corrected chi connectivity index (χ1v) is 8.42. The first-order valence-electron chi connectivity index (χ1n) is 8.42. The van der Waals surface area contributed by atoms with Gasteiger partial charge in [0.1, 0.15) is 6.04 Å². The molecule has 0 radical (unpaired) electrons. The van der Waals surface area contributed by atoms with E-state index in [1.165, 1.54) is 0 Å². The van der Waals surface area contributed by atoms with E-state index in [-0.39, 0.29) is 17.9 Å². The number of aryl methyl sites for hydroxylation is 1. The van der Waals surface area contributed by atoms with E-state index in [2.05, 4.69) is 16.0 Å². The standard InChI is InChI=1S/C20H25N3O2/c1-14(2)18(19(24)22-17-12-8-7-9-15(17)3)23-20(25)21-13-16-10-5-4-6-11-16/h4-12,14,18H,13H2,1-3H3,(H,22,24)(H2,21,23,25). The maximum absolute atomic E-state index is 12.6. The highest BCUT2D eigenvalue weighted by molar-refractivity contribution is 5.97. The molecule has 2 aromatic carbocycles. The van der Waals surface area contributed by atoms with Gasteiger partial charge in [0, 0.05) is 12.2 Å². The number of amides is 3. The fourth-order valence-electron chi connectivity index (χ4n) is 2.43. The number of carbonyl (C=O) groups excluding carboxylic acids is 2. The lowest BCUT2D eigenvalue weighted by molar-refractivity contribution is -0.118. The van der Waals surface area contributed by atoms with Crippen LogP contribution >= 0.6 is 0 Å². The average molecular weight is 339 g/mol. The molecule has 0 saturated heterocycles. The van der Waals surface area contributed by atoms with Crippen LogP contribution in [0.15, 0.2) is 54.6 Å². The van der Waals surface area contributed by atoms with Gasteiger partial charge < -0.3 is 16.0 Å². The molecule has 5 heteroatoms. The Morgan fingerprint density at radius 3 is 2.24 bits per heavy atom. The van der Waals surface area contributed by atoms with Crippen molar-refractivity contribution >= 4 is 17.6 Å². The molecule has 0 heterocycles. The highest BCUT2D eigenvalue weighted by Crippen LogP contribution is 2.14. The first-order chi connectivity index (χ1) is 12.0. The molecule has 0 aliphatic heterocycles. The van der Waals surface area contributed by atoms with Crippen molar-refractivity contribution in [3.8, 4) is 0 Å². The van der Waals surface area contributed by atoms with Gasteiger partial charge in [0.2, 0.25) is 5.91 Å². The summed E-state index contributed by atoms with van der Waals surface area (Å²) in [6.07, 6.45) is 0. The highest BCUT2D eigenvalue weighted by atomic mass is 16.2. The van der Waals surface area contributed by atoms with E-state index in [1.54, 1.807) is 0 Å². The Balaban J connectivity index is 1.94. The van der Waals surface area contributed by atoms with Crippen LogP contribution in [0.5, 0.6) is 0 Å². The molecular formula is C20H25N3O2. The zero-order valence-electron chi connectivity index (χ0n) is 14.9. The van der Waals surface area contributed by atoms with Crippen LogP contribution in [-0.2, 0) is 11.3 Å². The Labute approximate surface area is 148 Å². The summed E-state index contributed by atoms with van der Waals surface area (Å²) in [4.78, 5) is 24.7. The first kappa shape index (κ1) is 18.5. The van der Waals surface area contributed by atoms with Crippen molar-refractivity contribution in [1.82, 2.24) is 10.6 Å². The maximum atomic E-state index is 12.6.